The summed E-state index contributed by atoms with van der Waals surface area (Å²) in [6.07, 6.45) is 3.28. The molecule has 12 heavy (non-hydrogen) atoms. The Morgan fingerprint density at radius 2 is 2.17 bits per heavy atom. The number of aryl methyl sites for hydroxylation is 1. The highest BCUT2D eigenvalue weighted by Crippen LogP contribution is 2.19. The Balaban J connectivity index is 2.94. The van der Waals surface area contributed by atoms with E-state index in [2.05, 4.69) is 0 Å². The van der Waals surface area contributed by atoms with Crippen LogP contribution < -0.4 is 0 Å². The van der Waals surface area contributed by atoms with Gasteiger partial charge in [0, 0.05) is 5.56 Å². The van der Waals surface area contributed by atoms with E-state index in [0.717, 1.165) is 11.1 Å². The van der Waals surface area contributed by atoms with Gasteiger partial charge in [0.25, 0.3) is 0 Å². The van der Waals surface area contributed by atoms with Crippen LogP contribution in [0.4, 0.5) is 0 Å². The van der Waals surface area contributed by atoms with E-state index in [1.807, 2.05) is 19.1 Å². The molecule has 2 nitrogen and oxygen atoms in total. The molecule has 64 valence electrons. The maximum absolute atomic E-state index is 9.39. The third kappa shape index (κ3) is 2.10. The summed E-state index contributed by atoms with van der Waals surface area (Å²) in [5.74, 6) is 0.250. The normalized spacial score (nSPS) is 10.8. The zero-order chi connectivity index (χ0) is 8.97. The van der Waals surface area contributed by atoms with Crippen molar-refractivity contribution >= 4 is 6.08 Å². The molecular weight excluding hydrogens is 152 g/mol. The highest BCUT2D eigenvalue weighted by atomic mass is 16.3. The predicted octanol–water partition coefficient (Wildman–Crippen LogP) is 1.71. The topological polar surface area (TPSA) is 40.5 Å². The molecule has 0 aliphatic rings. The van der Waals surface area contributed by atoms with Gasteiger partial charge in [-0.3, -0.25) is 0 Å². The molecule has 0 atom stereocenters. The van der Waals surface area contributed by atoms with E-state index in [0.29, 0.717) is 0 Å². The van der Waals surface area contributed by atoms with Gasteiger partial charge in [0.1, 0.15) is 5.75 Å². The van der Waals surface area contributed by atoms with Gasteiger partial charge in [-0.25, -0.2) is 0 Å². The Morgan fingerprint density at radius 1 is 1.42 bits per heavy atom. The molecule has 0 radical (unpaired) electrons. The van der Waals surface area contributed by atoms with Crippen molar-refractivity contribution in [2.24, 2.45) is 0 Å². The van der Waals surface area contributed by atoms with E-state index in [1.54, 1.807) is 18.2 Å². The average Bonchev–Trinajstić information content (AvgIpc) is 2.03. The zero-order valence-electron chi connectivity index (χ0n) is 6.99. The Bertz CT molecular complexity index is 290. The van der Waals surface area contributed by atoms with Crippen molar-refractivity contribution in [1.29, 1.82) is 0 Å². The number of phenols is 1. The lowest BCUT2D eigenvalue weighted by Crippen LogP contribution is -1.78. The molecule has 2 heteroatoms. The van der Waals surface area contributed by atoms with Crippen LogP contribution in [-0.4, -0.2) is 16.8 Å². The summed E-state index contributed by atoms with van der Waals surface area (Å²) >= 11 is 0. The SMILES string of the molecule is Cc1ccc(/C=C/CO)c(O)c1. The first-order chi connectivity index (χ1) is 5.74. The lowest BCUT2D eigenvalue weighted by atomic mass is 10.1. The third-order valence-electron chi connectivity index (χ3n) is 1.59. The Morgan fingerprint density at radius 3 is 2.75 bits per heavy atom. The molecule has 0 bridgehead atoms. The molecule has 0 unspecified atom stereocenters. The molecule has 1 aromatic rings. The molecule has 0 spiro atoms. The van der Waals surface area contributed by atoms with E-state index in [1.165, 1.54) is 0 Å². The monoisotopic (exact) mass is 164 g/mol. The van der Waals surface area contributed by atoms with Crippen LogP contribution in [0.1, 0.15) is 11.1 Å². The van der Waals surface area contributed by atoms with Crippen molar-refractivity contribution < 1.29 is 10.2 Å². The largest absolute Gasteiger partial charge is 0.507 e. The van der Waals surface area contributed by atoms with Gasteiger partial charge in [-0.05, 0) is 18.6 Å². The number of benzene rings is 1. The molecule has 1 rings (SSSR count). The van der Waals surface area contributed by atoms with Gasteiger partial charge >= 0.3 is 0 Å². The van der Waals surface area contributed by atoms with Gasteiger partial charge < -0.3 is 10.2 Å². The number of hydrogen-bond donors (Lipinski definition) is 2. The van der Waals surface area contributed by atoms with Gasteiger partial charge in [0.05, 0.1) is 6.61 Å². The fraction of sp³-hybridized carbons (Fsp3) is 0.200. The molecule has 2 N–H and O–H groups in total. The quantitative estimate of drug-likeness (QED) is 0.698. The van der Waals surface area contributed by atoms with Gasteiger partial charge in [0.15, 0.2) is 0 Å². The molecule has 1 aromatic carbocycles. The molecular formula is C10H12O2. The van der Waals surface area contributed by atoms with Crippen LogP contribution in [-0.2, 0) is 0 Å². The van der Waals surface area contributed by atoms with E-state index < -0.39 is 0 Å². The second-order valence-electron chi connectivity index (χ2n) is 2.65. The number of hydrogen-bond acceptors (Lipinski definition) is 2. The van der Waals surface area contributed by atoms with E-state index >= 15 is 0 Å². The zero-order valence-corrected chi connectivity index (χ0v) is 6.99. The number of aliphatic hydroxyl groups is 1. The smallest absolute Gasteiger partial charge is 0.123 e. The summed E-state index contributed by atoms with van der Waals surface area (Å²) in [4.78, 5) is 0. The Labute approximate surface area is 71.8 Å². The molecule has 0 fully saturated rings. The molecule has 0 heterocycles. The van der Waals surface area contributed by atoms with Crippen LogP contribution in [0.15, 0.2) is 24.3 Å². The van der Waals surface area contributed by atoms with Crippen molar-refractivity contribution in [2.75, 3.05) is 6.61 Å². The first-order valence-corrected chi connectivity index (χ1v) is 3.81. The van der Waals surface area contributed by atoms with Gasteiger partial charge in [0.2, 0.25) is 0 Å². The first kappa shape index (κ1) is 8.81. The number of phenolic OH excluding ortho intramolecular Hbond substituents is 1. The van der Waals surface area contributed by atoms with Crippen LogP contribution >= 0.6 is 0 Å². The number of rotatable bonds is 2. The van der Waals surface area contributed by atoms with Gasteiger partial charge in [-0.1, -0.05) is 24.3 Å². The molecule has 0 aromatic heterocycles. The Hall–Kier alpha value is -1.28. The van der Waals surface area contributed by atoms with Gasteiger partial charge in [-0.2, -0.15) is 0 Å². The maximum Gasteiger partial charge on any atom is 0.123 e. The molecule has 0 saturated carbocycles. The van der Waals surface area contributed by atoms with Crippen molar-refractivity contribution in [3.05, 3.63) is 35.4 Å². The second kappa shape index (κ2) is 3.93. The lowest BCUT2D eigenvalue weighted by Gasteiger charge is -1.99. The van der Waals surface area contributed by atoms with Crippen LogP contribution in [0, 0.1) is 6.92 Å². The summed E-state index contributed by atoms with van der Waals surface area (Å²) in [5.41, 5.74) is 1.75. The van der Waals surface area contributed by atoms with Gasteiger partial charge in [-0.15, -0.1) is 0 Å². The van der Waals surface area contributed by atoms with Crippen molar-refractivity contribution in [3.8, 4) is 5.75 Å². The fourth-order valence-electron chi connectivity index (χ4n) is 0.974. The minimum Gasteiger partial charge on any atom is -0.507 e. The first-order valence-electron chi connectivity index (χ1n) is 3.81. The Kier molecular flexibility index (Phi) is 2.88. The maximum atomic E-state index is 9.39. The summed E-state index contributed by atoms with van der Waals surface area (Å²) < 4.78 is 0. The standard InChI is InChI=1S/C10H12O2/c1-8-4-5-9(3-2-6-11)10(12)7-8/h2-5,7,11-12H,6H2,1H3/b3-2+. The summed E-state index contributed by atoms with van der Waals surface area (Å²) in [5, 5.41) is 17.9. The molecule has 0 amide bonds. The van der Waals surface area contributed by atoms with Crippen LogP contribution in [0.3, 0.4) is 0 Å². The summed E-state index contributed by atoms with van der Waals surface area (Å²) in [6.45, 7) is 1.91. The average molecular weight is 164 g/mol. The highest BCUT2D eigenvalue weighted by Gasteiger charge is 1.95. The van der Waals surface area contributed by atoms with Crippen LogP contribution in [0.25, 0.3) is 6.08 Å². The minimum atomic E-state index is -0.00663. The lowest BCUT2D eigenvalue weighted by molar-refractivity contribution is 0.343. The van der Waals surface area contributed by atoms with Crippen molar-refractivity contribution in [1.82, 2.24) is 0 Å². The predicted molar refractivity (Wildman–Crippen MR) is 49.0 cm³/mol. The van der Waals surface area contributed by atoms with Crippen LogP contribution in [0.5, 0.6) is 5.75 Å². The van der Waals surface area contributed by atoms with Crippen LogP contribution in [0.2, 0.25) is 0 Å². The van der Waals surface area contributed by atoms with Crippen molar-refractivity contribution in [3.63, 3.8) is 0 Å². The molecule has 0 aliphatic carbocycles. The van der Waals surface area contributed by atoms with Crippen molar-refractivity contribution in [2.45, 2.75) is 6.92 Å². The summed E-state index contributed by atoms with van der Waals surface area (Å²) in [7, 11) is 0. The van der Waals surface area contributed by atoms with E-state index in [9.17, 15) is 5.11 Å². The fourth-order valence-corrected chi connectivity index (χ4v) is 0.974. The summed E-state index contributed by atoms with van der Waals surface area (Å²) in [6, 6.07) is 5.42. The molecule has 0 saturated heterocycles. The number of aliphatic hydroxyl groups excluding tert-OH is 1. The molecule has 0 aliphatic heterocycles. The van der Waals surface area contributed by atoms with E-state index in [4.69, 9.17) is 5.11 Å². The second-order valence-corrected chi connectivity index (χ2v) is 2.65. The minimum absolute atomic E-state index is 0.00663. The van der Waals surface area contributed by atoms with E-state index in [-0.39, 0.29) is 12.4 Å². The third-order valence-corrected chi connectivity index (χ3v) is 1.59. The number of aromatic hydroxyl groups is 1. The highest BCUT2D eigenvalue weighted by molar-refractivity contribution is 5.57.